The summed E-state index contributed by atoms with van der Waals surface area (Å²) in [7, 11) is 0. The molecule has 18 heavy (non-hydrogen) atoms. The number of benzene rings is 2. The molecular weight excluding hydrogens is 624 g/mol. The third-order valence-corrected chi connectivity index (χ3v) is 8.87. The van der Waals surface area contributed by atoms with E-state index in [1.54, 1.807) is 0 Å². The Balaban J connectivity index is 2.67. The highest BCUT2D eigenvalue weighted by Gasteiger charge is 2.12. The topological polar surface area (TPSA) is 0 Å². The van der Waals surface area contributed by atoms with E-state index in [1.165, 1.54) is 0 Å². The van der Waals surface area contributed by atoms with E-state index in [4.69, 9.17) is 0 Å². The molecular formula is C12H4Br6. The van der Waals surface area contributed by atoms with Gasteiger partial charge in [0, 0.05) is 26.8 Å². The van der Waals surface area contributed by atoms with Crippen LogP contribution in [-0.2, 0) is 0 Å². The van der Waals surface area contributed by atoms with Gasteiger partial charge in [-0.15, -0.1) is 0 Å². The Bertz CT molecular complexity index is 597. The van der Waals surface area contributed by atoms with Gasteiger partial charge >= 0.3 is 0 Å². The number of hydrogen-bond donors (Lipinski definition) is 0. The van der Waals surface area contributed by atoms with Crippen molar-refractivity contribution in [3.63, 3.8) is 0 Å². The maximum Gasteiger partial charge on any atom is 0.0465 e. The molecule has 0 amide bonds. The molecule has 2 rings (SSSR count). The minimum absolute atomic E-state index is 1.01. The second-order valence-electron chi connectivity index (χ2n) is 3.48. The molecule has 0 saturated heterocycles. The Labute approximate surface area is 156 Å². The molecule has 0 aliphatic carbocycles. The third-order valence-electron chi connectivity index (χ3n) is 2.33. The van der Waals surface area contributed by atoms with Crippen molar-refractivity contribution < 1.29 is 0 Å². The van der Waals surface area contributed by atoms with Crippen LogP contribution in [0.15, 0.2) is 51.1 Å². The molecule has 0 saturated carbocycles. The van der Waals surface area contributed by atoms with Crippen LogP contribution >= 0.6 is 95.6 Å². The summed E-state index contributed by atoms with van der Waals surface area (Å²) in [6.07, 6.45) is 0. The molecule has 0 aromatic heterocycles. The van der Waals surface area contributed by atoms with Crippen molar-refractivity contribution in [1.82, 2.24) is 0 Å². The Kier molecular flexibility index (Phi) is 5.58. The van der Waals surface area contributed by atoms with E-state index in [-0.39, 0.29) is 0 Å². The van der Waals surface area contributed by atoms with Gasteiger partial charge in [0.25, 0.3) is 0 Å². The first-order valence-electron chi connectivity index (χ1n) is 4.70. The predicted molar refractivity (Wildman–Crippen MR) is 98.1 cm³/mol. The summed E-state index contributed by atoms with van der Waals surface area (Å²) in [4.78, 5) is 0. The second kappa shape index (κ2) is 6.39. The first-order chi connectivity index (χ1) is 8.41. The zero-order valence-corrected chi connectivity index (χ0v) is 18.1. The van der Waals surface area contributed by atoms with Gasteiger partial charge in [0.1, 0.15) is 0 Å². The largest absolute Gasteiger partial charge is 0.0520 e. The molecule has 0 spiro atoms. The molecule has 0 N–H and O–H groups in total. The van der Waals surface area contributed by atoms with Crippen molar-refractivity contribution in [2.24, 2.45) is 0 Å². The van der Waals surface area contributed by atoms with Gasteiger partial charge in [0.15, 0.2) is 0 Å². The fraction of sp³-hybridized carbons (Fsp3) is 0. The molecule has 0 heterocycles. The SMILES string of the molecule is Brc1cc(-c2ccc(Br)c(Br)c2Br)cc(Br)c1Br. The van der Waals surface area contributed by atoms with Crippen LogP contribution < -0.4 is 0 Å². The van der Waals surface area contributed by atoms with E-state index in [2.05, 4.69) is 114 Å². The van der Waals surface area contributed by atoms with E-state index in [0.29, 0.717) is 0 Å². The van der Waals surface area contributed by atoms with Crippen molar-refractivity contribution in [1.29, 1.82) is 0 Å². The zero-order valence-electron chi connectivity index (χ0n) is 8.58. The summed E-state index contributed by atoms with van der Waals surface area (Å²) in [5.74, 6) is 0. The van der Waals surface area contributed by atoms with Gasteiger partial charge in [-0.3, -0.25) is 0 Å². The number of halogens is 6. The molecule has 2 aromatic rings. The van der Waals surface area contributed by atoms with E-state index in [0.717, 1.165) is 38.0 Å². The summed E-state index contributed by atoms with van der Waals surface area (Å²) in [5, 5.41) is 0. The lowest BCUT2D eigenvalue weighted by Crippen LogP contribution is -1.84. The minimum atomic E-state index is 1.01. The monoisotopic (exact) mass is 622 g/mol. The molecule has 94 valence electrons. The van der Waals surface area contributed by atoms with Crippen molar-refractivity contribution in [2.75, 3.05) is 0 Å². The molecule has 0 fully saturated rings. The predicted octanol–water partition coefficient (Wildman–Crippen LogP) is 7.93. The quantitative estimate of drug-likeness (QED) is 0.282. The summed E-state index contributed by atoms with van der Waals surface area (Å²) in [6.45, 7) is 0. The van der Waals surface area contributed by atoms with Gasteiger partial charge in [-0.25, -0.2) is 0 Å². The summed E-state index contributed by atoms with van der Waals surface area (Å²) in [6, 6.07) is 8.25. The van der Waals surface area contributed by atoms with Crippen LogP contribution in [0.1, 0.15) is 0 Å². The van der Waals surface area contributed by atoms with Crippen molar-refractivity contribution in [2.45, 2.75) is 0 Å². The highest BCUT2D eigenvalue weighted by molar-refractivity contribution is 9.15. The average molecular weight is 628 g/mol. The van der Waals surface area contributed by atoms with Gasteiger partial charge in [-0.2, -0.15) is 0 Å². The molecule has 0 nitrogen and oxygen atoms in total. The van der Waals surface area contributed by atoms with Crippen LogP contribution in [0.3, 0.4) is 0 Å². The lowest BCUT2D eigenvalue weighted by molar-refractivity contribution is 1.48. The smallest absolute Gasteiger partial charge is 0.0465 e. The zero-order chi connectivity index (χ0) is 13.4. The second-order valence-corrected chi connectivity index (χ2v) is 8.42. The summed E-state index contributed by atoms with van der Waals surface area (Å²) in [5.41, 5.74) is 2.25. The van der Waals surface area contributed by atoms with E-state index in [9.17, 15) is 0 Å². The van der Waals surface area contributed by atoms with Crippen molar-refractivity contribution in [3.05, 3.63) is 51.1 Å². The molecule has 0 aliphatic rings. The van der Waals surface area contributed by atoms with Crippen LogP contribution in [0.2, 0.25) is 0 Å². The van der Waals surface area contributed by atoms with Gasteiger partial charge in [0.2, 0.25) is 0 Å². The first kappa shape index (κ1) is 15.7. The maximum absolute atomic E-state index is 3.62. The Morgan fingerprint density at radius 2 is 1.11 bits per heavy atom. The molecule has 0 radical (unpaired) electrons. The van der Waals surface area contributed by atoms with Crippen molar-refractivity contribution >= 4 is 95.6 Å². The third kappa shape index (κ3) is 3.14. The Hall–Kier alpha value is 1.32. The minimum Gasteiger partial charge on any atom is -0.0520 e. The molecule has 0 atom stereocenters. The Morgan fingerprint density at radius 3 is 1.67 bits per heavy atom. The Morgan fingerprint density at radius 1 is 0.556 bits per heavy atom. The van der Waals surface area contributed by atoms with Crippen LogP contribution in [0, 0.1) is 0 Å². The maximum atomic E-state index is 3.62. The van der Waals surface area contributed by atoms with E-state index >= 15 is 0 Å². The summed E-state index contributed by atoms with van der Waals surface area (Å²) < 4.78 is 6.09. The fourth-order valence-corrected chi connectivity index (χ4v) is 4.39. The highest BCUT2D eigenvalue weighted by atomic mass is 79.9. The first-order valence-corrected chi connectivity index (χ1v) is 9.46. The number of hydrogen-bond acceptors (Lipinski definition) is 0. The standard InChI is InChI=1S/C12H4Br6/c13-7-2-1-6(10(16)12(7)18)5-3-8(14)11(17)9(15)4-5/h1-4H. The highest BCUT2D eigenvalue weighted by Crippen LogP contribution is 2.42. The van der Waals surface area contributed by atoms with Crippen LogP contribution in [0.25, 0.3) is 11.1 Å². The summed E-state index contributed by atoms with van der Waals surface area (Å²) >= 11 is 21.2. The van der Waals surface area contributed by atoms with Gasteiger partial charge < -0.3 is 0 Å². The molecule has 0 unspecified atom stereocenters. The van der Waals surface area contributed by atoms with E-state index < -0.39 is 0 Å². The number of rotatable bonds is 1. The lowest BCUT2D eigenvalue weighted by atomic mass is 10.1. The molecule has 0 bridgehead atoms. The van der Waals surface area contributed by atoms with Crippen LogP contribution in [0.5, 0.6) is 0 Å². The normalized spacial score (nSPS) is 10.8. The molecule has 0 aliphatic heterocycles. The molecule has 2 aromatic carbocycles. The average Bonchev–Trinajstić information content (AvgIpc) is 2.33. The lowest BCUT2D eigenvalue weighted by Gasteiger charge is -2.10. The van der Waals surface area contributed by atoms with Gasteiger partial charge in [0.05, 0.1) is 0 Å². The van der Waals surface area contributed by atoms with E-state index in [1.807, 2.05) is 6.07 Å². The van der Waals surface area contributed by atoms with Crippen LogP contribution in [-0.4, -0.2) is 0 Å². The fourth-order valence-electron chi connectivity index (χ4n) is 1.46. The van der Waals surface area contributed by atoms with Crippen molar-refractivity contribution in [3.8, 4) is 11.1 Å². The molecule has 6 heteroatoms. The van der Waals surface area contributed by atoms with Crippen LogP contribution in [0.4, 0.5) is 0 Å². The van der Waals surface area contributed by atoms with Gasteiger partial charge in [-0.05, 0) is 125 Å². The van der Waals surface area contributed by atoms with Gasteiger partial charge in [-0.1, -0.05) is 6.07 Å².